The van der Waals surface area contributed by atoms with Gasteiger partial charge in [0.25, 0.3) is 0 Å². The zero-order valence-electron chi connectivity index (χ0n) is 8.47. The predicted octanol–water partition coefficient (Wildman–Crippen LogP) is 3.04. The van der Waals surface area contributed by atoms with Crippen LogP contribution in [0.5, 0.6) is 0 Å². The normalized spacial score (nSPS) is 31.1. The van der Waals surface area contributed by atoms with Crippen molar-refractivity contribution in [2.75, 3.05) is 0 Å². The summed E-state index contributed by atoms with van der Waals surface area (Å²) < 4.78 is 0. The van der Waals surface area contributed by atoms with Gasteiger partial charge < -0.3 is 4.79 Å². The average molecular weight is 168 g/mol. The van der Waals surface area contributed by atoms with Crippen LogP contribution in [0.15, 0.2) is 0 Å². The summed E-state index contributed by atoms with van der Waals surface area (Å²) in [5.74, 6) is 0.913. The zero-order valence-corrected chi connectivity index (χ0v) is 8.47. The molecule has 0 heterocycles. The van der Waals surface area contributed by atoms with Crippen molar-refractivity contribution in [3.05, 3.63) is 0 Å². The SMILES string of the molecule is CC(C=O)C1CCCC(C)(C)C1. The summed E-state index contributed by atoms with van der Waals surface area (Å²) in [6.45, 7) is 6.69. The van der Waals surface area contributed by atoms with Crippen LogP contribution in [0.1, 0.15) is 46.5 Å². The van der Waals surface area contributed by atoms with Crippen LogP contribution in [-0.2, 0) is 4.79 Å². The smallest absolute Gasteiger partial charge is 0.123 e. The van der Waals surface area contributed by atoms with Gasteiger partial charge in [0.2, 0.25) is 0 Å². The van der Waals surface area contributed by atoms with Crippen molar-refractivity contribution < 1.29 is 4.79 Å². The molecule has 1 heteroatoms. The van der Waals surface area contributed by atoms with E-state index < -0.39 is 0 Å². The fourth-order valence-electron chi connectivity index (χ4n) is 2.32. The van der Waals surface area contributed by atoms with Crippen molar-refractivity contribution >= 4 is 6.29 Å². The van der Waals surface area contributed by atoms with Gasteiger partial charge in [-0.15, -0.1) is 0 Å². The third-order valence-electron chi connectivity index (χ3n) is 3.20. The van der Waals surface area contributed by atoms with Crippen LogP contribution in [0.25, 0.3) is 0 Å². The molecular weight excluding hydrogens is 148 g/mol. The minimum Gasteiger partial charge on any atom is -0.303 e. The molecule has 0 bridgehead atoms. The highest BCUT2D eigenvalue weighted by Gasteiger charge is 2.30. The minimum atomic E-state index is 0.268. The molecule has 2 unspecified atom stereocenters. The molecule has 0 saturated heterocycles. The first-order valence-corrected chi connectivity index (χ1v) is 5.00. The molecule has 1 fully saturated rings. The largest absolute Gasteiger partial charge is 0.303 e. The van der Waals surface area contributed by atoms with Crippen LogP contribution >= 0.6 is 0 Å². The second-order valence-electron chi connectivity index (χ2n) is 5.02. The molecule has 0 spiro atoms. The van der Waals surface area contributed by atoms with Crippen LogP contribution in [0.4, 0.5) is 0 Å². The second-order valence-corrected chi connectivity index (χ2v) is 5.02. The van der Waals surface area contributed by atoms with Gasteiger partial charge in [0.15, 0.2) is 0 Å². The Morgan fingerprint density at radius 1 is 1.50 bits per heavy atom. The quantitative estimate of drug-likeness (QED) is 0.579. The molecule has 0 N–H and O–H groups in total. The van der Waals surface area contributed by atoms with Gasteiger partial charge >= 0.3 is 0 Å². The van der Waals surface area contributed by atoms with Crippen molar-refractivity contribution in [1.82, 2.24) is 0 Å². The topological polar surface area (TPSA) is 17.1 Å². The molecule has 1 nitrogen and oxygen atoms in total. The van der Waals surface area contributed by atoms with Crippen LogP contribution in [0.2, 0.25) is 0 Å². The van der Waals surface area contributed by atoms with Gasteiger partial charge in [-0.25, -0.2) is 0 Å². The van der Waals surface area contributed by atoms with Crippen LogP contribution < -0.4 is 0 Å². The molecule has 1 aliphatic carbocycles. The zero-order chi connectivity index (χ0) is 9.19. The third-order valence-corrected chi connectivity index (χ3v) is 3.20. The van der Waals surface area contributed by atoms with Crippen LogP contribution in [0.3, 0.4) is 0 Å². The molecule has 0 radical (unpaired) electrons. The monoisotopic (exact) mass is 168 g/mol. The predicted molar refractivity (Wildman–Crippen MR) is 51.0 cm³/mol. The summed E-state index contributed by atoms with van der Waals surface area (Å²) in [4.78, 5) is 10.6. The first kappa shape index (κ1) is 9.76. The maximum absolute atomic E-state index is 10.6. The van der Waals surface area contributed by atoms with Crippen LogP contribution in [0, 0.1) is 17.3 Å². The summed E-state index contributed by atoms with van der Waals surface area (Å²) in [6, 6.07) is 0. The maximum atomic E-state index is 10.6. The lowest BCUT2D eigenvalue weighted by Gasteiger charge is -2.36. The fraction of sp³-hybridized carbons (Fsp3) is 0.909. The van der Waals surface area contributed by atoms with E-state index in [1.165, 1.54) is 25.7 Å². The van der Waals surface area contributed by atoms with E-state index in [4.69, 9.17) is 0 Å². The molecule has 0 aromatic carbocycles. The molecule has 70 valence electrons. The van der Waals surface area contributed by atoms with Crippen molar-refractivity contribution in [3.8, 4) is 0 Å². The molecule has 12 heavy (non-hydrogen) atoms. The van der Waals surface area contributed by atoms with Crippen molar-refractivity contribution in [2.24, 2.45) is 17.3 Å². The van der Waals surface area contributed by atoms with Crippen molar-refractivity contribution in [3.63, 3.8) is 0 Å². The Morgan fingerprint density at radius 3 is 2.67 bits per heavy atom. The Hall–Kier alpha value is -0.330. The highest BCUT2D eigenvalue weighted by Crippen LogP contribution is 2.40. The lowest BCUT2D eigenvalue weighted by molar-refractivity contribution is -0.112. The Bertz CT molecular complexity index is 160. The molecule has 0 aromatic rings. The van der Waals surface area contributed by atoms with Crippen molar-refractivity contribution in [1.29, 1.82) is 0 Å². The number of hydrogen-bond donors (Lipinski definition) is 0. The van der Waals surface area contributed by atoms with E-state index in [1.807, 2.05) is 0 Å². The molecule has 1 rings (SSSR count). The Labute approximate surface area is 75.5 Å². The first-order chi connectivity index (χ1) is 5.55. The van der Waals surface area contributed by atoms with Crippen molar-refractivity contribution in [2.45, 2.75) is 46.5 Å². The summed E-state index contributed by atoms with van der Waals surface area (Å²) in [7, 11) is 0. The number of aldehydes is 1. The van der Waals surface area contributed by atoms with Crippen LogP contribution in [-0.4, -0.2) is 6.29 Å². The summed E-state index contributed by atoms with van der Waals surface area (Å²) in [5.41, 5.74) is 0.472. The Morgan fingerprint density at radius 2 is 2.17 bits per heavy atom. The summed E-state index contributed by atoms with van der Waals surface area (Å²) >= 11 is 0. The maximum Gasteiger partial charge on any atom is 0.123 e. The average Bonchev–Trinajstić information content (AvgIpc) is 2.01. The molecular formula is C11H20O. The Kier molecular flexibility index (Phi) is 2.92. The summed E-state index contributed by atoms with van der Waals surface area (Å²) in [5, 5.41) is 0. The van der Waals surface area contributed by atoms with Gasteiger partial charge in [0.05, 0.1) is 0 Å². The number of rotatable bonds is 2. The van der Waals surface area contributed by atoms with Gasteiger partial charge in [0.1, 0.15) is 6.29 Å². The van der Waals surface area contributed by atoms with Gasteiger partial charge in [-0.3, -0.25) is 0 Å². The summed E-state index contributed by atoms with van der Waals surface area (Å²) in [6.07, 6.45) is 6.23. The van der Waals surface area contributed by atoms with Gasteiger partial charge in [-0.05, 0) is 30.6 Å². The molecule has 1 saturated carbocycles. The third kappa shape index (κ3) is 2.33. The lowest BCUT2D eigenvalue weighted by atomic mass is 9.69. The highest BCUT2D eigenvalue weighted by atomic mass is 16.1. The van der Waals surface area contributed by atoms with Gasteiger partial charge in [0, 0.05) is 5.92 Å². The first-order valence-electron chi connectivity index (χ1n) is 5.00. The van der Waals surface area contributed by atoms with Gasteiger partial charge in [-0.1, -0.05) is 27.2 Å². The number of carbonyl (C=O) groups excluding carboxylic acids is 1. The van der Waals surface area contributed by atoms with E-state index >= 15 is 0 Å². The second kappa shape index (κ2) is 3.59. The number of carbonyl (C=O) groups is 1. The van der Waals surface area contributed by atoms with E-state index in [0.717, 1.165) is 6.29 Å². The molecule has 0 amide bonds. The molecule has 0 aliphatic heterocycles. The van der Waals surface area contributed by atoms with E-state index in [-0.39, 0.29) is 5.92 Å². The fourth-order valence-corrected chi connectivity index (χ4v) is 2.32. The van der Waals surface area contributed by atoms with E-state index in [9.17, 15) is 4.79 Å². The van der Waals surface area contributed by atoms with Gasteiger partial charge in [-0.2, -0.15) is 0 Å². The van der Waals surface area contributed by atoms with E-state index in [0.29, 0.717) is 11.3 Å². The lowest BCUT2D eigenvalue weighted by Crippen LogP contribution is -2.27. The Balaban J connectivity index is 2.51. The van der Waals surface area contributed by atoms with E-state index in [2.05, 4.69) is 20.8 Å². The molecule has 2 atom stereocenters. The molecule has 0 aromatic heterocycles. The van der Waals surface area contributed by atoms with E-state index in [1.54, 1.807) is 0 Å². The minimum absolute atomic E-state index is 0.268. The molecule has 1 aliphatic rings. The highest BCUT2D eigenvalue weighted by molar-refractivity contribution is 5.53. The standard InChI is InChI=1S/C11H20O/c1-9(8-12)10-5-4-6-11(2,3)7-10/h8-10H,4-7H2,1-3H3. The number of hydrogen-bond acceptors (Lipinski definition) is 1.